The molecule has 2 N–H and O–H groups in total. The van der Waals surface area contributed by atoms with Crippen molar-refractivity contribution in [2.45, 2.75) is 39.0 Å². The Labute approximate surface area is 156 Å². The van der Waals surface area contributed by atoms with Gasteiger partial charge in [-0.15, -0.1) is 0 Å². The molecule has 2 aromatic rings. The maximum atomic E-state index is 14.1. The largest absolute Gasteiger partial charge is 0.480 e. The van der Waals surface area contributed by atoms with E-state index in [2.05, 4.69) is 5.32 Å². The first-order chi connectivity index (χ1) is 12.8. The Kier molecular flexibility index (Phi) is 7.38. The average molecular weight is 380 g/mol. The molecule has 0 radical (unpaired) electrons. The second-order valence-electron chi connectivity index (χ2n) is 6.64. The summed E-state index contributed by atoms with van der Waals surface area (Å²) in [5, 5.41) is 12.0. The van der Waals surface area contributed by atoms with Crippen molar-refractivity contribution in [2.24, 2.45) is 0 Å². The Balaban J connectivity index is 2.18. The minimum atomic E-state index is -1.23. The van der Waals surface area contributed by atoms with E-state index in [0.29, 0.717) is 19.2 Å². The number of nitrogens with one attached hydrogen (secondary N) is 1. The molecule has 4 nitrogen and oxygen atoms in total. The molecule has 0 saturated heterocycles. The summed E-state index contributed by atoms with van der Waals surface area (Å²) in [4.78, 5) is 12.8. The number of rotatable bonds is 9. The number of carboxylic acid groups (broad SMARTS) is 1. The molecular weight excluding hydrogens is 357 g/mol. The van der Waals surface area contributed by atoms with Gasteiger partial charge in [0.15, 0.2) is 11.6 Å². The van der Waals surface area contributed by atoms with Crippen LogP contribution in [0.5, 0.6) is 0 Å². The minimum absolute atomic E-state index is 0.0110. The van der Waals surface area contributed by atoms with Crippen LogP contribution in [-0.2, 0) is 17.9 Å². The summed E-state index contributed by atoms with van der Waals surface area (Å²) in [5.74, 6) is -4.12. The van der Waals surface area contributed by atoms with Gasteiger partial charge in [0.1, 0.15) is 11.9 Å². The fraction of sp³-hybridized carbons (Fsp3) is 0.350. The normalized spacial score (nSPS) is 13.6. The second-order valence-corrected chi connectivity index (χ2v) is 6.64. The van der Waals surface area contributed by atoms with E-state index in [1.54, 1.807) is 6.92 Å². The van der Waals surface area contributed by atoms with Gasteiger partial charge in [0, 0.05) is 37.3 Å². The summed E-state index contributed by atoms with van der Waals surface area (Å²) in [5.41, 5.74) is 0.871. The number of carboxylic acids is 1. The van der Waals surface area contributed by atoms with E-state index in [-0.39, 0.29) is 18.2 Å². The zero-order valence-electron chi connectivity index (χ0n) is 15.3. The fourth-order valence-corrected chi connectivity index (χ4v) is 2.93. The Morgan fingerprint density at radius 2 is 1.78 bits per heavy atom. The van der Waals surface area contributed by atoms with Gasteiger partial charge in [-0.1, -0.05) is 30.3 Å². The van der Waals surface area contributed by atoms with Crippen molar-refractivity contribution in [1.82, 2.24) is 10.2 Å². The van der Waals surface area contributed by atoms with Crippen molar-refractivity contribution >= 4 is 5.97 Å². The minimum Gasteiger partial charge on any atom is -0.480 e. The van der Waals surface area contributed by atoms with Gasteiger partial charge >= 0.3 is 5.97 Å². The Hall–Kier alpha value is -2.38. The van der Waals surface area contributed by atoms with Crippen molar-refractivity contribution in [2.75, 3.05) is 6.54 Å². The molecule has 0 unspecified atom stereocenters. The topological polar surface area (TPSA) is 52.6 Å². The van der Waals surface area contributed by atoms with Gasteiger partial charge in [-0.3, -0.25) is 9.69 Å². The van der Waals surface area contributed by atoms with Gasteiger partial charge in [0.05, 0.1) is 0 Å². The molecule has 0 fully saturated rings. The van der Waals surface area contributed by atoms with Crippen molar-refractivity contribution in [1.29, 1.82) is 0 Å². The summed E-state index contributed by atoms with van der Waals surface area (Å²) >= 11 is 0. The lowest BCUT2D eigenvalue weighted by molar-refractivity contribution is -0.139. The van der Waals surface area contributed by atoms with Crippen LogP contribution in [0.4, 0.5) is 13.2 Å². The highest BCUT2D eigenvalue weighted by Gasteiger charge is 2.19. The number of nitrogens with zero attached hydrogens (tertiary/aromatic N) is 1. The standard InChI is InChI=1S/C20H23F3N2O2/c1-13(24-14(2)20(26)27)10-25(11-15-6-4-3-5-7-15)12-16-8-17(21)9-18(22)19(16)23/h3-9,13-14,24H,10-12H2,1-2H3,(H,26,27)/t13-,14-/m1/s1. The van der Waals surface area contributed by atoms with Gasteiger partial charge in [-0.25, -0.2) is 13.2 Å². The molecule has 2 rings (SSSR count). The highest BCUT2D eigenvalue weighted by atomic mass is 19.2. The first kappa shape index (κ1) is 20.9. The number of hydrogen-bond acceptors (Lipinski definition) is 3. The highest BCUT2D eigenvalue weighted by Crippen LogP contribution is 2.18. The molecule has 27 heavy (non-hydrogen) atoms. The number of benzene rings is 2. The van der Waals surface area contributed by atoms with Gasteiger partial charge in [0.25, 0.3) is 0 Å². The third-order valence-electron chi connectivity index (χ3n) is 4.15. The van der Waals surface area contributed by atoms with Crippen molar-refractivity contribution in [3.05, 3.63) is 71.0 Å². The predicted molar refractivity (Wildman–Crippen MR) is 96.6 cm³/mol. The zero-order valence-corrected chi connectivity index (χ0v) is 15.3. The molecule has 0 aliphatic heterocycles. The van der Waals surface area contributed by atoms with Crippen LogP contribution in [0, 0.1) is 17.5 Å². The monoisotopic (exact) mass is 380 g/mol. The Morgan fingerprint density at radius 1 is 1.11 bits per heavy atom. The molecular formula is C20H23F3N2O2. The third kappa shape index (κ3) is 6.37. The molecule has 0 amide bonds. The van der Waals surface area contributed by atoms with Gasteiger partial charge in [-0.2, -0.15) is 0 Å². The molecule has 7 heteroatoms. The lowest BCUT2D eigenvalue weighted by atomic mass is 10.1. The molecule has 2 aromatic carbocycles. The van der Waals surface area contributed by atoms with Crippen LogP contribution in [0.25, 0.3) is 0 Å². The van der Waals surface area contributed by atoms with E-state index in [1.165, 1.54) is 6.92 Å². The van der Waals surface area contributed by atoms with E-state index in [4.69, 9.17) is 5.11 Å². The lowest BCUT2D eigenvalue weighted by Crippen LogP contribution is -2.45. The van der Waals surface area contributed by atoms with E-state index >= 15 is 0 Å². The van der Waals surface area contributed by atoms with Gasteiger partial charge < -0.3 is 10.4 Å². The van der Waals surface area contributed by atoms with Crippen molar-refractivity contribution in [3.8, 4) is 0 Å². The molecule has 0 aromatic heterocycles. The van der Waals surface area contributed by atoms with Gasteiger partial charge in [-0.05, 0) is 25.5 Å². The van der Waals surface area contributed by atoms with E-state index in [1.807, 2.05) is 35.2 Å². The van der Waals surface area contributed by atoms with Crippen molar-refractivity contribution in [3.63, 3.8) is 0 Å². The second kappa shape index (κ2) is 9.53. The smallest absolute Gasteiger partial charge is 0.320 e. The first-order valence-electron chi connectivity index (χ1n) is 8.64. The number of aliphatic carboxylic acids is 1. The van der Waals surface area contributed by atoms with Crippen LogP contribution < -0.4 is 5.32 Å². The molecule has 0 bridgehead atoms. The quantitative estimate of drug-likeness (QED) is 0.653. The Bertz CT molecular complexity index is 771. The molecule has 0 spiro atoms. The predicted octanol–water partition coefficient (Wildman–Crippen LogP) is 3.56. The van der Waals surface area contributed by atoms with Crippen LogP contribution in [-0.4, -0.2) is 34.6 Å². The van der Waals surface area contributed by atoms with E-state index in [0.717, 1.165) is 11.6 Å². The first-order valence-corrected chi connectivity index (χ1v) is 8.64. The van der Waals surface area contributed by atoms with Gasteiger partial charge in [0.2, 0.25) is 0 Å². The maximum Gasteiger partial charge on any atom is 0.320 e. The molecule has 0 aliphatic carbocycles. The number of halogens is 3. The van der Waals surface area contributed by atoms with E-state index < -0.39 is 29.5 Å². The third-order valence-corrected chi connectivity index (χ3v) is 4.15. The SMILES string of the molecule is C[C@H](CN(Cc1ccccc1)Cc1cc(F)cc(F)c1F)N[C@H](C)C(=O)O. The summed E-state index contributed by atoms with van der Waals surface area (Å²) in [6.07, 6.45) is 0. The molecule has 0 heterocycles. The molecule has 146 valence electrons. The van der Waals surface area contributed by atoms with Crippen LogP contribution in [0.1, 0.15) is 25.0 Å². The summed E-state index contributed by atoms with van der Waals surface area (Å²) in [6, 6.07) is 9.90. The maximum absolute atomic E-state index is 14.1. The zero-order chi connectivity index (χ0) is 20.0. The summed E-state index contributed by atoms with van der Waals surface area (Å²) < 4.78 is 41.1. The van der Waals surface area contributed by atoms with Crippen LogP contribution in [0.3, 0.4) is 0 Å². The van der Waals surface area contributed by atoms with Crippen LogP contribution >= 0.6 is 0 Å². The Morgan fingerprint density at radius 3 is 2.41 bits per heavy atom. The summed E-state index contributed by atoms with van der Waals surface area (Å²) in [7, 11) is 0. The molecule has 0 saturated carbocycles. The molecule has 0 aliphatic rings. The average Bonchev–Trinajstić information content (AvgIpc) is 2.59. The highest BCUT2D eigenvalue weighted by molar-refractivity contribution is 5.72. The number of carbonyl (C=O) groups is 1. The molecule has 2 atom stereocenters. The van der Waals surface area contributed by atoms with Crippen molar-refractivity contribution < 1.29 is 23.1 Å². The van der Waals surface area contributed by atoms with Crippen LogP contribution in [0.2, 0.25) is 0 Å². The lowest BCUT2D eigenvalue weighted by Gasteiger charge is -2.27. The van der Waals surface area contributed by atoms with E-state index in [9.17, 15) is 18.0 Å². The summed E-state index contributed by atoms with van der Waals surface area (Å²) in [6.45, 7) is 4.11. The number of hydrogen-bond donors (Lipinski definition) is 2. The van der Waals surface area contributed by atoms with Crippen LogP contribution in [0.15, 0.2) is 42.5 Å². The fourth-order valence-electron chi connectivity index (χ4n) is 2.93.